The molecule has 0 radical (unpaired) electrons. The van der Waals surface area contributed by atoms with Crippen molar-refractivity contribution in [1.82, 2.24) is 15.1 Å². The van der Waals surface area contributed by atoms with E-state index in [2.05, 4.69) is 29.1 Å². The molecule has 3 heteroatoms. The van der Waals surface area contributed by atoms with Gasteiger partial charge in [0, 0.05) is 37.8 Å². The van der Waals surface area contributed by atoms with Gasteiger partial charge in [-0.05, 0) is 52.1 Å². The Hall–Kier alpha value is -0.120. The molecule has 0 aromatic carbocycles. The van der Waals surface area contributed by atoms with Crippen LogP contribution in [-0.4, -0.2) is 61.2 Å². The molecule has 0 aromatic heterocycles. The Bertz CT molecular complexity index is 264. The molecule has 98 valence electrons. The van der Waals surface area contributed by atoms with Crippen LogP contribution in [0, 0.1) is 5.92 Å². The lowest BCUT2D eigenvalue weighted by atomic mass is 10.1. The predicted molar refractivity (Wildman–Crippen MR) is 71.2 cm³/mol. The number of hydrogen-bond acceptors (Lipinski definition) is 3. The van der Waals surface area contributed by atoms with Gasteiger partial charge in [-0.2, -0.15) is 0 Å². The van der Waals surface area contributed by atoms with E-state index in [4.69, 9.17) is 0 Å². The van der Waals surface area contributed by atoms with E-state index in [1.807, 2.05) is 0 Å². The number of fused-ring (bicyclic) bond motifs is 1. The number of likely N-dealkylation sites (N-methyl/N-ethyl adjacent to an activating group) is 1. The van der Waals surface area contributed by atoms with Crippen molar-refractivity contribution in [2.75, 3.05) is 33.2 Å². The van der Waals surface area contributed by atoms with Crippen LogP contribution in [0.2, 0.25) is 0 Å². The van der Waals surface area contributed by atoms with E-state index < -0.39 is 0 Å². The SMILES string of the molecule is CNC(CN1CC2CCCN2CC1C)C1CC1. The van der Waals surface area contributed by atoms with Gasteiger partial charge in [0.05, 0.1) is 0 Å². The summed E-state index contributed by atoms with van der Waals surface area (Å²) in [6, 6.07) is 2.35. The van der Waals surface area contributed by atoms with E-state index in [1.165, 1.54) is 51.9 Å². The van der Waals surface area contributed by atoms with Crippen LogP contribution in [0.25, 0.3) is 0 Å². The maximum atomic E-state index is 3.54. The molecule has 0 bridgehead atoms. The second-order valence-corrected chi connectivity index (χ2v) is 6.33. The quantitative estimate of drug-likeness (QED) is 0.791. The molecule has 0 aromatic rings. The van der Waals surface area contributed by atoms with Gasteiger partial charge < -0.3 is 5.32 Å². The van der Waals surface area contributed by atoms with Crippen LogP contribution in [0.15, 0.2) is 0 Å². The van der Waals surface area contributed by atoms with Crippen LogP contribution in [-0.2, 0) is 0 Å². The molecule has 2 heterocycles. The van der Waals surface area contributed by atoms with Crippen molar-refractivity contribution in [2.45, 2.75) is 50.7 Å². The van der Waals surface area contributed by atoms with Gasteiger partial charge in [0.1, 0.15) is 0 Å². The van der Waals surface area contributed by atoms with E-state index in [-0.39, 0.29) is 0 Å². The summed E-state index contributed by atoms with van der Waals surface area (Å²) in [4.78, 5) is 5.46. The van der Waals surface area contributed by atoms with Crippen LogP contribution in [0.3, 0.4) is 0 Å². The van der Waals surface area contributed by atoms with Gasteiger partial charge in [0.15, 0.2) is 0 Å². The Kier molecular flexibility index (Phi) is 3.42. The molecular formula is C14H27N3. The van der Waals surface area contributed by atoms with Gasteiger partial charge >= 0.3 is 0 Å². The van der Waals surface area contributed by atoms with Crippen LogP contribution < -0.4 is 5.32 Å². The zero-order valence-corrected chi connectivity index (χ0v) is 11.4. The predicted octanol–water partition coefficient (Wildman–Crippen LogP) is 1.15. The summed E-state index contributed by atoms with van der Waals surface area (Å²) in [5, 5.41) is 3.54. The Morgan fingerprint density at radius 1 is 1.24 bits per heavy atom. The first kappa shape index (κ1) is 11.9. The van der Waals surface area contributed by atoms with E-state index >= 15 is 0 Å². The van der Waals surface area contributed by atoms with E-state index in [0.717, 1.165) is 24.0 Å². The lowest BCUT2D eigenvalue weighted by Gasteiger charge is -2.43. The molecule has 3 unspecified atom stereocenters. The molecule has 3 aliphatic rings. The molecule has 3 nitrogen and oxygen atoms in total. The maximum Gasteiger partial charge on any atom is 0.0224 e. The van der Waals surface area contributed by atoms with E-state index in [9.17, 15) is 0 Å². The third kappa shape index (κ3) is 2.51. The fraction of sp³-hybridized carbons (Fsp3) is 1.00. The van der Waals surface area contributed by atoms with Crippen LogP contribution in [0.4, 0.5) is 0 Å². The highest BCUT2D eigenvalue weighted by Crippen LogP contribution is 2.34. The zero-order chi connectivity index (χ0) is 11.8. The zero-order valence-electron chi connectivity index (χ0n) is 11.4. The van der Waals surface area contributed by atoms with Crippen molar-refractivity contribution >= 4 is 0 Å². The van der Waals surface area contributed by atoms with Crippen molar-refractivity contribution in [3.63, 3.8) is 0 Å². The first-order valence-electron chi connectivity index (χ1n) is 7.43. The Morgan fingerprint density at radius 3 is 2.76 bits per heavy atom. The molecule has 17 heavy (non-hydrogen) atoms. The fourth-order valence-corrected chi connectivity index (χ4v) is 3.73. The van der Waals surface area contributed by atoms with Gasteiger partial charge in [-0.25, -0.2) is 0 Å². The summed E-state index contributed by atoms with van der Waals surface area (Å²) >= 11 is 0. The second kappa shape index (κ2) is 4.87. The lowest BCUT2D eigenvalue weighted by molar-refractivity contribution is 0.0513. The molecule has 0 amide bonds. The largest absolute Gasteiger partial charge is 0.315 e. The van der Waals surface area contributed by atoms with Crippen LogP contribution >= 0.6 is 0 Å². The molecular weight excluding hydrogens is 210 g/mol. The molecule has 1 N–H and O–H groups in total. The number of nitrogens with zero attached hydrogens (tertiary/aromatic N) is 2. The number of rotatable bonds is 4. The maximum absolute atomic E-state index is 3.54. The average Bonchev–Trinajstić information content (AvgIpc) is 3.06. The normalized spacial score (nSPS) is 37.1. The lowest BCUT2D eigenvalue weighted by Crippen LogP contribution is -2.57. The molecule has 3 atom stereocenters. The van der Waals surface area contributed by atoms with Crippen molar-refractivity contribution in [3.8, 4) is 0 Å². The Morgan fingerprint density at radius 2 is 2.06 bits per heavy atom. The van der Waals surface area contributed by atoms with Gasteiger partial charge in [-0.3, -0.25) is 9.80 Å². The average molecular weight is 237 g/mol. The number of nitrogens with one attached hydrogen (secondary N) is 1. The summed E-state index contributed by atoms with van der Waals surface area (Å²) in [6.07, 6.45) is 5.74. The van der Waals surface area contributed by atoms with Crippen molar-refractivity contribution in [3.05, 3.63) is 0 Å². The summed E-state index contributed by atoms with van der Waals surface area (Å²) in [5.41, 5.74) is 0. The molecule has 1 saturated carbocycles. The summed E-state index contributed by atoms with van der Waals surface area (Å²) in [7, 11) is 2.14. The summed E-state index contributed by atoms with van der Waals surface area (Å²) in [6.45, 7) is 7.64. The van der Waals surface area contributed by atoms with E-state index in [0.29, 0.717) is 0 Å². The fourth-order valence-electron chi connectivity index (χ4n) is 3.73. The molecule has 0 spiro atoms. The molecule has 2 aliphatic heterocycles. The molecule has 3 fully saturated rings. The van der Waals surface area contributed by atoms with Gasteiger partial charge in [0.2, 0.25) is 0 Å². The standard InChI is InChI=1S/C14H27N3/c1-11-8-16-7-3-4-13(16)9-17(11)10-14(15-2)12-5-6-12/h11-15H,3-10H2,1-2H3. The van der Waals surface area contributed by atoms with E-state index in [1.54, 1.807) is 0 Å². The minimum absolute atomic E-state index is 0.741. The molecule has 1 aliphatic carbocycles. The van der Waals surface area contributed by atoms with Crippen LogP contribution in [0.1, 0.15) is 32.6 Å². The smallest absolute Gasteiger partial charge is 0.0224 e. The summed E-state index contributed by atoms with van der Waals surface area (Å²) in [5.74, 6) is 0.966. The first-order chi connectivity index (χ1) is 8.28. The third-order valence-electron chi connectivity index (χ3n) is 5.06. The highest BCUT2D eigenvalue weighted by molar-refractivity contribution is 4.94. The van der Waals surface area contributed by atoms with Crippen LogP contribution in [0.5, 0.6) is 0 Å². The molecule has 2 saturated heterocycles. The monoisotopic (exact) mass is 237 g/mol. The topological polar surface area (TPSA) is 18.5 Å². The summed E-state index contributed by atoms with van der Waals surface area (Å²) < 4.78 is 0. The first-order valence-corrected chi connectivity index (χ1v) is 7.43. The highest BCUT2D eigenvalue weighted by atomic mass is 15.3. The highest BCUT2D eigenvalue weighted by Gasteiger charge is 2.37. The number of hydrogen-bond donors (Lipinski definition) is 1. The Balaban J connectivity index is 1.58. The van der Waals surface area contributed by atoms with Crippen molar-refractivity contribution in [2.24, 2.45) is 5.92 Å². The van der Waals surface area contributed by atoms with Gasteiger partial charge in [-0.15, -0.1) is 0 Å². The minimum Gasteiger partial charge on any atom is -0.315 e. The van der Waals surface area contributed by atoms with Crippen molar-refractivity contribution in [1.29, 1.82) is 0 Å². The Labute approximate surface area is 106 Å². The third-order valence-corrected chi connectivity index (χ3v) is 5.06. The van der Waals surface area contributed by atoms with Gasteiger partial charge in [-0.1, -0.05) is 0 Å². The number of piperazine rings is 1. The molecule has 3 rings (SSSR count). The van der Waals surface area contributed by atoms with Crippen molar-refractivity contribution < 1.29 is 0 Å². The minimum atomic E-state index is 0.741. The van der Waals surface area contributed by atoms with Gasteiger partial charge in [0.25, 0.3) is 0 Å². The second-order valence-electron chi connectivity index (χ2n) is 6.33.